The highest BCUT2D eigenvalue weighted by atomic mass is 32.2. The van der Waals surface area contributed by atoms with Crippen molar-refractivity contribution in [1.29, 1.82) is 0 Å². The Bertz CT molecular complexity index is 616. The number of aryl methyl sites for hydroxylation is 1. The van der Waals surface area contributed by atoms with Crippen molar-refractivity contribution in [1.82, 2.24) is 9.62 Å². The Balaban J connectivity index is 2.44. The monoisotopic (exact) mass is 314 g/mol. The summed E-state index contributed by atoms with van der Waals surface area (Å²) in [5.41, 5.74) is 0.652. The first kappa shape index (κ1) is 16.1. The number of rotatable bonds is 4. The lowest BCUT2D eigenvalue weighted by Crippen LogP contribution is -2.51. The summed E-state index contributed by atoms with van der Waals surface area (Å²) >= 11 is 0. The summed E-state index contributed by atoms with van der Waals surface area (Å²) in [5, 5.41) is 3.24. The molecule has 1 aromatic carbocycles. The van der Waals surface area contributed by atoms with Crippen LogP contribution in [0.25, 0.3) is 0 Å². The van der Waals surface area contributed by atoms with E-state index in [2.05, 4.69) is 5.32 Å². The van der Waals surface area contributed by atoms with Gasteiger partial charge in [0.25, 0.3) is 0 Å². The quantitative estimate of drug-likeness (QED) is 0.898. The lowest BCUT2D eigenvalue weighted by molar-refractivity contribution is 0.309. The first-order chi connectivity index (χ1) is 9.90. The number of nitrogens with zero attached hydrogens (tertiary/aromatic N) is 1. The number of nitrogens with one attached hydrogen (secondary N) is 1. The SMILES string of the molecule is COc1cc(C)c(S(=O)(=O)N2CCNC(C)C2)cc1OC. The van der Waals surface area contributed by atoms with Gasteiger partial charge in [-0.15, -0.1) is 0 Å². The van der Waals surface area contributed by atoms with Crippen molar-refractivity contribution in [3.05, 3.63) is 17.7 Å². The first-order valence-electron chi connectivity index (χ1n) is 6.86. The molecule has 0 amide bonds. The molecule has 1 atom stereocenters. The van der Waals surface area contributed by atoms with Gasteiger partial charge in [0.2, 0.25) is 10.0 Å². The second kappa shape index (κ2) is 6.21. The molecule has 1 fully saturated rings. The van der Waals surface area contributed by atoms with Crippen LogP contribution in [-0.4, -0.2) is 52.6 Å². The van der Waals surface area contributed by atoms with E-state index in [9.17, 15) is 8.42 Å². The van der Waals surface area contributed by atoms with Gasteiger partial charge in [0.15, 0.2) is 11.5 Å². The number of benzene rings is 1. The number of sulfonamides is 1. The van der Waals surface area contributed by atoms with Crippen molar-refractivity contribution < 1.29 is 17.9 Å². The van der Waals surface area contributed by atoms with Crippen molar-refractivity contribution in [2.75, 3.05) is 33.9 Å². The molecule has 0 aromatic heterocycles. The van der Waals surface area contributed by atoms with Crippen LogP contribution in [-0.2, 0) is 10.0 Å². The zero-order valence-electron chi connectivity index (χ0n) is 12.8. The Hall–Kier alpha value is -1.31. The van der Waals surface area contributed by atoms with Gasteiger partial charge in [-0.1, -0.05) is 0 Å². The zero-order valence-corrected chi connectivity index (χ0v) is 13.7. The van der Waals surface area contributed by atoms with Gasteiger partial charge in [0.05, 0.1) is 19.1 Å². The van der Waals surface area contributed by atoms with Gasteiger partial charge in [-0.05, 0) is 25.5 Å². The summed E-state index contributed by atoms with van der Waals surface area (Å²) < 4.78 is 37.6. The molecule has 2 rings (SSSR count). The summed E-state index contributed by atoms with van der Waals surface area (Å²) in [6.07, 6.45) is 0. The van der Waals surface area contributed by atoms with Crippen LogP contribution in [0.1, 0.15) is 12.5 Å². The number of hydrogen-bond donors (Lipinski definition) is 1. The fourth-order valence-electron chi connectivity index (χ4n) is 2.49. The standard InChI is InChI=1S/C14H22N2O4S/c1-10-7-12(19-3)13(20-4)8-14(10)21(17,18)16-6-5-15-11(2)9-16/h7-8,11,15H,5-6,9H2,1-4H3. The molecule has 0 spiro atoms. The summed E-state index contributed by atoms with van der Waals surface area (Å²) in [6.45, 7) is 5.34. The van der Waals surface area contributed by atoms with E-state index in [0.717, 1.165) is 0 Å². The average molecular weight is 314 g/mol. The van der Waals surface area contributed by atoms with Gasteiger partial charge < -0.3 is 14.8 Å². The highest BCUT2D eigenvalue weighted by Gasteiger charge is 2.30. The molecule has 118 valence electrons. The van der Waals surface area contributed by atoms with Crippen LogP contribution in [0.15, 0.2) is 17.0 Å². The molecule has 0 saturated carbocycles. The van der Waals surface area contributed by atoms with Crippen LogP contribution >= 0.6 is 0 Å². The fraction of sp³-hybridized carbons (Fsp3) is 0.571. The molecular formula is C14H22N2O4S. The third kappa shape index (κ3) is 3.14. The summed E-state index contributed by atoms with van der Waals surface area (Å²) in [6, 6.07) is 3.38. The molecule has 1 N–H and O–H groups in total. The molecule has 1 aliphatic rings. The maximum Gasteiger partial charge on any atom is 0.243 e. The molecule has 1 aromatic rings. The first-order valence-corrected chi connectivity index (χ1v) is 8.30. The third-order valence-electron chi connectivity index (χ3n) is 3.63. The van der Waals surface area contributed by atoms with Gasteiger partial charge in [-0.25, -0.2) is 8.42 Å². The van der Waals surface area contributed by atoms with Crippen molar-refractivity contribution in [2.24, 2.45) is 0 Å². The molecule has 0 bridgehead atoms. The second-order valence-corrected chi connectivity index (χ2v) is 7.10. The minimum Gasteiger partial charge on any atom is -0.493 e. The Labute approximate surface area is 126 Å². The van der Waals surface area contributed by atoms with Gasteiger partial charge >= 0.3 is 0 Å². The van der Waals surface area contributed by atoms with E-state index in [-0.39, 0.29) is 10.9 Å². The van der Waals surface area contributed by atoms with Crippen LogP contribution in [0.3, 0.4) is 0 Å². The van der Waals surface area contributed by atoms with Crippen LogP contribution in [0.5, 0.6) is 11.5 Å². The van der Waals surface area contributed by atoms with Crippen LogP contribution in [0.2, 0.25) is 0 Å². The van der Waals surface area contributed by atoms with Crippen molar-refractivity contribution in [3.63, 3.8) is 0 Å². The molecule has 21 heavy (non-hydrogen) atoms. The van der Waals surface area contributed by atoms with E-state index in [4.69, 9.17) is 9.47 Å². The Morgan fingerprint density at radius 3 is 2.43 bits per heavy atom. The minimum atomic E-state index is -3.53. The van der Waals surface area contributed by atoms with Gasteiger partial charge in [0.1, 0.15) is 0 Å². The van der Waals surface area contributed by atoms with E-state index in [1.54, 1.807) is 13.0 Å². The zero-order chi connectivity index (χ0) is 15.6. The average Bonchev–Trinajstić information content (AvgIpc) is 2.46. The Morgan fingerprint density at radius 1 is 1.24 bits per heavy atom. The van der Waals surface area contributed by atoms with E-state index in [0.29, 0.717) is 36.7 Å². The normalized spacial score (nSPS) is 20.3. The lowest BCUT2D eigenvalue weighted by atomic mass is 10.2. The highest BCUT2D eigenvalue weighted by molar-refractivity contribution is 7.89. The van der Waals surface area contributed by atoms with Gasteiger partial charge in [0, 0.05) is 31.7 Å². The maximum absolute atomic E-state index is 12.8. The molecule has 1 aliphatic heterocycles. The minimum absolute atomic E-state index is 0.147. The van der Waals surface area contributed by atoms with Crippen LogP contribution in [0.4, 0.5) is 0 Å². The predicted molar refractivity (Wildman–Crippen MR) is 80.5 cm³/mol. The Kier molecular flexibility index (Phi) is 4.75. The molecule has 6 nitrogen and oxygen atoms in total. The number of hydrogen-bond acceptors (Lipinski definition) is 5. The fourth-order valence-corrected chi connectivity index (χ4v) is 4.25. The third-order valence-corrected chi connectivity index (χ3v) is 5.64. The van der Waals surface area contributed by atoms with Crippen molar-refractivity contribution in [3.8, 4) is 11.5 Å². The van der Waals surface area contributed by atoms with E-state index in [1.165, 1.54) is 24.6 Å². The highest BCUT2D eigenvalue weighted by Crippen LogP contribution is 2.33. The Morgan fingerprint density at radius 2 is 1.86 bits per heavy atom. The maximum atomic E-state index is 12.8. The number of ether oxygens (including phenoxy) is 2. The molecular weight excluding hydrogens is 292 g/mol. The van der Waals surface area contributed by atoms with E-state index >= 15 is 0 Å². The molecule has 1 unspecified atom stereocenters. The summed E-state index contributed by atoms with van der Waals surface area (Å²) in [5.74, 6) is 0.951. The topological polar surface area (TPSA) is 67.9 Å². The van der Waals surface area contributed by atoms with Crippen LogP contribution < -0.4 is 14.8 Å². The summed E-state index contributed by atoms with van der Waals surface area (Å²) in [7, 11) is -0.498. The van der Waals surface area contributed by atoms with E-state index in [1.807, 2.05) is 6.92 Å². The molecule has 1 heterocycles. The number of methoxy groups -OCH3 is 2. The molecule has 1 saturated heterocycles. The van der Waals surface area contributed by atoms with E-state index < -0.39 is 10.0 Å². The smallest absolute Gasteiger partial charge is 0.243 e. The van der Waals surface area contributed by atoms with Gasteiger partial charge in [-0.3, -0.25) is 0 Å². The lowest BCUT2D eigenvalue weighted by Gasteiger charge is -2.31. The van der Waals surface area contributed by atoms with Crippen molar-refractivity contribution in [2.45, 2.75) is 24.8 Å². The van der Waals surface area contributed by atoms with Crippen LogP contribution in [0, 0.1) is 6.92 Å². The molecule has 0 aliphatic carbocycles. The second-order valence-electron chi connectivity index (χ2n) is 5.19. The largest absolute Gasteiger partial charge is 0.493 e. The number of piperazine rings is 1. The molecule has 0 radical (unpaired) electrons. The predicted octanol–water partition coefficient (Wildman–Crippen LogP) is 0.995. The summed E-state index contributed by atoms with van der Waals surface area (Å²) in [4.78, 5) is 0.272. The van der Waals surface area contributed by atoms with Gasteiger partial charge in [-0.2, -0.15) is 4.31 Å². The molecule has 7 heteroatoms. The van der Waals surface area contributed by atoms with Crippen molar-refractivity contribution >= 4 is 10.0 Å².